The zero-order valence-electron chi connectivity index (χ0n) is 11.7. The third-order valence-corrected chi connectivity index (χ3v) is 3.65. The average Bonchev–Trinajstić information content (AvgIpc) is 2.46. The van der Waals surface area contributed by atoms with Crippen LogP contribution in [0.3, 0.4) is 0 Å². The van der Waals surface area contributed by atoms with E-state index in [0.29, 0.717) is 16.8 Å². The van der Waals surface area contributed by atoms with Crippen molar-refractivity contribution in [3.63, 3.8) is 0 Å². The summed E-state index contributed by atoms with van der Waals surface area (Å²) in [6, 6.07) is 10.5. The Hall–Kier alpha value is -2.01. The van der Waals surface area contributed by atoms with Gasteiger partial charge >= 0.3 is 5.97 Å². The molecule has 0 aromatic heterocycles. The van der Waals surface area contributed by atoms with E-state index in [0.717, 1.165) is 16.9 Å². The first-order valence-electron chi connectivity index (χ1n) is 6.30. The summed E-state index contributed by atoms with van der Waals surface area (Å²) >= 11 is 3.35. The summed E-state index contributed by atoms with van der Waals surface area (Å²) in [4.78, 5) is 11.0. The van der Waals surface area contributed by atoms with Gasteiger partial charge in [-0.05, 0) is 53.2 Å². The highest BCUT2D eigenvalue weighted by molar-refractivity contribution is 9.10. The van der Waals surface area contributed by atoms with Gasteiger partial charge in [-0.1, -0.05) is 11.6 Å². The second-order valence-corrected chi connectivity index (χ2v) is 5.41. The van der Waals surface area contributed by atoms with Crippen LogP contribution in [0.1, 0.15) is 21.5 Å². The van der Waals surface area contributed by atoms with Gasteiger partial charge in [0.2, 0.25) is 0 Å². The topological polar surface area (TPSA) is 55.8 Å². The molecule has 21 heavy (non-hydrogen) atoms. The smallest absolute Gasteiger partial charge is 0.335 e. The lowest BCUT2D eigenvalue weighted by Gasteiger charge is -2.12. The Morgan fingerprint density at radius 2 is 1.95 bits per heavy atom. The van der Waals surface area contributed by atoms with E-state index in [9.17, 15) is 4.79 Å². The molecular weight excluding hydrogens is 336 g/mol. The van der Waals surface area contributed by atoms with Gasteiger partial charge in [-0.2, -0.15) is 0 Å². The predicted molar refractivity (Wildman–Crippen MR) is 83.2 cm³/mol. The monoisotopic (exact) mass is 350 g/mol. The van der Waals surface area contributed by atoms with Crippen LogP contribution in [0.5, 0.6) is 11.5 Å². The van der Waals surface area contributed by atoms with E-state index in [1.807, 2.05) is 25.1 Å². The molecule has 110 valence electrons. The molecule has 2 aromatic carbocycles. The highest BCUT2D eigenvalue weighted by Gasteiger charge is 2.10. The van der Waals surface area contributed by atoms with E-state index in [4.69, 9.17) is 14.6 Å². The predicted octanol–water partition coefficient (Wildman–Crippen LogP) is 4.04. The molecule has 0 amide bonds. The Kier molecular flexibility index (Phi) is 4.85. The first kappa shape index (κ1) is 15.4. The van der Waals surface area contributed by atoms with E-state index >= 15 is 0 Å². The molecule has 0 saturated heterocycles. The number of ether oxygens (including phenoxy) is 2. The van der Waals surface area contributed by atoms with Crippen LogP contribution in [0.15, 0.2) is 40.9 Å². The van der Waals surface area contributed by atoms with Gasteiger partial charge in [0.05, 0.1) is 17.1 Å². The standard InChI is InChI=1S/C16H15BrO4/c1-10-3-6-14(20-2)12(7-10)9-21-15-8-11(16(18)19)4-5-13(15)17/h3-8H,9H2,1-2H3,(H,18,19). The summed E-state index contributed by atoms with van der Waals surface area (Å²) in [5.74, 6) is 0.241. The minimum Gasteiger partial charge on any atom is -0.496 e. The van der Waals surface area contributed by atoms with Gasteiger partial charge in [0.1, 0.15) is 18.1 Å². The highest BCUT2D eigenvalue weighted by Crippen LogP contribution is 2.28. The molecular formula is C16H15BrO4. The maximum absolute atomic E-state index is 11.0. The Labute approximate surface area is 131 Å². The number of hydrogen-bond acceptors (Lipinski definition) is 3. The first-order chi connectivity index (χ1) is 10.0. The zero-order chi connectivity index (χ0) is 15.4. The second-order valence-electron chi connectivity index (χ2n) is 4.55. The Balaban J connectivity index is 2.22. The average molecular weight is 351 g/mol. The lowest BCUT2D eigenvalue weighted by atomic mass is 10.1. The van der Waals surface area contributed by atoms with Crippen LogP contribution in [0.25, 0.3) is 0 Å². The van der Waals surface area contributed by atoms with Crippen molar-refractivity contribution in [3.05, 3.63) is 57.6 Å². The molecule has 0 radical (unpaired) electrons. The lowest BCUT2D eigenvalue weighted by Crippen LogP contribution is -2.02. The van der Waals surface area contributed by atoms with Crippen molar-refractivity contribution in [2.45, 2.75) is 13.5 Å². The molecule has 0 saturated carbocycles. The molecule has 0 atom stereocenters. The van der Waals surface area contributed by atoms with Crippen LogP contribution >= 0.6 is 15.9 Å². The van der Waals surface area contributed by atoms with E-state index in [2.05, 4.69) is 15.9 Å². The van der Waals surface area contributed by atoms with Crippen LogP contribution in [0.2, 0.25) is 0 Å². The summed E-state index contributed by atoms with van der Waals surface area (Å²) in [5, 5.41) is 9.01. The number of halogens is 1. The van der Waals surface area contributed by atoms with Gasteiger partial charge in [-0.15, -0.1) is 0 Å². The molecule has 0 aliphatic rings. The maximum atomic E-state index is 11.0. The van der Waals surface area contributed by atoms with E-state index in [1.54, 1.807) is 13.2 Å². The Bertz CT molecular complexity index is 667. The molecule has 0 aliphatic carbocycles. The fraction of sp³-hybridized carbons (Fsp3) is 0.188. The number of methoxy groups -OCH3 is 1. The van der Waals surface area contributed by atoms with Crippen molar-refractivity contribution >= 4 is 21.9 Å². The highest BCUT2D eigenvalue weighted by atomic mass is 79.9. The van der Waals surface area contributed by atoms with Crippen LogP contribution < -0.4 is 9.47 Å². The number of carboxylic acids is 1. The molecule has 0 spiro atoms. The van der Waals surface area contributed by atoms with Gasteiger partial charge in [-0.3, -0.25) is 0 Å². The van der Waals surface area contributed by atoms with Gasteiger partial charge in [-0.25, -0.2) is 4.79 Å². The summed E-state index contributed by atoms with van der Waals surface area (Å²) < 4.78 is 11.7. The van der Waals surface area contributed by atoms with Crippen LogP contribution in [0.4, 0.5) is 0 Å². The molecule has 0 fully saturated rings. The van der Waals surface area contributed by atoms with Crippen molar-refractivity contribution in [2.24, 2.45) is 0 Å². The number of benzene rings is 2. The first-order valence-corrected chi connectivity index (χ1v) is 7.09. The summed E-state index contributed by atoms with van der Waals surface area (Å²) in [6.45, 7) is 2.29. The van der Waals surface area contributed by atoms with Crippen molar-refractivity contribution in [2.75, 3.05) is 7.11 Å². The Morgan fingerprint density at radius 1 is 1.19 bits per heavy atom. The molecule has 0 bridgehead atoms. The van der Waals surface area contributed by atoms with E-state index in [-0.39, 0.29) is 5.56 Å². The molecule has 1 N–H and O–H groups in total. The summed E-state index contributed by atoms with van der Waals surface area (Å²) in [6.07, 6.45) is 0. The zero-order valence-corrected chi connectivity index (χ0v) is 13.3. The number of aromatic carboxylic acids is 1. The largest absolute Gasteiger partial charge is 0.496 e. The third-order valence-electron chi connectivity index (χ3n) is 3.00. The normalized spacial score (nSPS) is 10.2. The molecule has 4 nitrogen and oxygen atoms in total. The van der Waals surface area contributed by atoms with Crippen LogP contribution in [-0.2, 0) is 6.61 Å². The molecule has 2 rings (SSSR count). The van der Waals surface area contributed by atoms with Gasteiger partial charge in [0.15, 0.2) is 0 Å². The van der Waals surface area contributed by atoms with Crippen molar-refractivity contribution in [1.82, 2.24) is 0 Å². The molecule has 0 heterocycles. The van der Waals surface area contributed by atoms with Crippen LogP contribution in [0, 0.1) is 6.92 Å². The third kappa shape index (κ3) is 3.76. The quantitative estimate of drug-likeness (QED) is 0.883. The minimum absolute atomic E-state index is 0.185. The van der Waals surface area contributed by atoms with Gasteiger partial charge < -0.3 is 14.6 Å². The number of aryl methyl sites for hydroxylation is 1. The number of rotatable bonds is 5. The fourth-order valence-corrected chi connectivity index (χ4v) is 2.28. The molecule has 5 heteroatoms. The summed E-state index contributed by atoms with van der Waals surface area (Å²) in [7, 11) is 1.61. The lowest BCUT2D eigenvalue weighted by molar-refractivity contribution is 0.0696. The SMILES string of the molecule is COc1ccc(C)cc1COc1cc(C(=O)O)ccc1Br. The van der Waals surface area contributed by atoms with Gasteiger partial charge in [0, 0.05) is 5.56 Å². The van der Waals surface area contributed by atoms with Crippen molar-refractivity contribution < 1.29 is 19.4 Å². The minimum atomic E-state index is -0.986. The summed E-state index contributed by atoms with van der Waals surface area (Å²) in [5.41, 5.74) is 2.20. The number of carboxylic acid groups (broad SMARTS) is 1. The molecule has 0 aliphatic heterocycles. The van der Waals surface area contributed by atoms with Crippen LogP contribution in [-0.4, -0.2) is 18.2 Å². The molecule has 0 unspecified atom stereocenters. The van der Waals surface area contributed by atoms with Crippen molar-refractivity contribution in [3.8, 4) is 11.5 Å². The fourth-order valence-electron chi connectivity index (χ4n) is 1.92. The van der Waals surface area contributed by atoms with Gasteiger partial charge in [0.25, 0.3) is 0 Å². The number of hydrogen-bond donors (Lipinski definition) is 1. The second kappa shape index (κ2) is 6.63. The van der Waals surface area contributed by atoms with E-state index in [1.165, 1.54) is 12.1 Å². The number of carbonyl (C=O) groups is 1. The maximum Gasteiger partial charge on any atom is 0.335 e. The van der Waals surface area contributed by atoms with Crippen molar-refractivity contribution in [1.29, 1.82) is 0 Å². The Morgan fingerprint density at radius 3 is 2.62 bits per heavy atom. The molecule has 2 aromatic rings. The van der Waals surface area contributed by atoms with E-state index < -0.39 is 5.97 Å².